The monoisotopic (exact) mass is 212 g/mol. The molecule has 0 aromatic heterocycles. The van der Waals surface area contributed by atoms with Crippen LogP contribution in [0.25, 0.3) is 0 Å². The van der Waals surface area contributed by atoms with Gasteiger partial charge in [0.25, 0.3) is 0 Å². The van der Waals surface area contributed by atoms with Crippen molar-refractivity contribution in [3.63, 3.8) is 0 Å². The van der Waals surface area contributed by atoms with Crippen molar-refractivity contribution in [2.24, 2.45) is 10.8 Å². The highest BCUT2D eigenvalue weighted by Crippen LogP contribution is 2.73. The molecule has 1 fully saturated rings. The van der Waals surface area contributed by atoms with E-state index in [1.54, 1.807) is 0 Å². The molecule has 0 nitrogen and oxygen atoms in total. The van der Waals surface area contributed by atoms with Gasteiger partial charge in [-0.3, -0.25) is 0 Å². The Labute approximate surface area is 87.9 Å². The first-order chi connectivity index (χ1) is 6.23. The molecule has 2 atom stereocenters. The third-order valence-corrected chi connectivity index (χ3v) is 4.94. The van der Waals surface area contributed by atoms with Crippen LogP contribution in [0.4, 0.5) is 0 Å². The molecule has 0 heterocycles. The Hall–Kier alpha value is -0.200. The van der Waals surface area contributed by atoms with Gasteiger partial charge in [-0.25, -0.2) is 0 Å². The molecule has 0 saturated heterocycles. The van der Waals surface area contributed by atoms with Crippen LogP contribution in [0.5, 0.6) is 0 Å². The number of hydrogen-bond acceptors (Lipinski definition) is 0. The van der Waals surface area contributed by atoms with E-state index in [2.05, 4.69) is 24.3 Å². The van der Waals surface area contributed by atoms with E-state index in [4.69, 9.17) is 23.2 Å². The molecule has 2 heteroatoms. The van der Waals surface area contributed by atoms with E-state index in [-0.39, 0.29) is 10.8 Å². The minimum Gasteiger partial charge on any atom is -0.0868 e. The average Bonchev–Trinajstić information content (AvgIpc) is 2.54. The second-order valence-corrected chi connectivity index (χ2v) is 4.90. The maximum absolute atomic E-state index is 6.22. The number of halogens is 2. The van der Waals surface area contributed by atoms with Gasteiger partial charge in [0.1, 0.15) is 0 Å². The summed E-state index contributed by atoms with van der Waals surface area (Å²) in [6.45, 7) is 0. The zero-order chi connectivity index (χ0) is 9.10. The second kappa shape index (κ2) is 2.24. The van der Waals surface area contributed by atoms with Gasteiger partial charge < -0.3 is 0 Å². The summed E-state index contributed by atoms with van der Waals surface area (Å²) in [4.78, 5) is 0. The molecule has 0 aliphatic heterocycles. The first-order valence-electron chi connectivity index (χ1n) is 4.66. The first-order valence-corrected chi connectivity index (χ1v) is 5.42. The van der Waals surface area contributed by atoms with Crippen LogP contribution in [-0.2, 0) is 0 Å². The molecule has 0 bridgehead atoms. The summed E-state index contributed by atoms with van der Waals surface area (Å²) < 4.78 is 0. The average molecular weight is 213 g/mol. The fraction of sp³-hybridized carbons (Fsp3) is 0.455. The van der Waals surface area contributed by atoms with Crippen LogP contribution in [0, 0.1) is 10.8 Å². The maximum atomic E-state index is 6.22. The SMILES string of the molecule is ClC1=C(Cl)C23C=CC=CC12CCC3. The van der Waals surface area contributed by atoms with Crippen LogP contribution in [-0.4, -0.2) is 0 Å². The van der Waals surface area contributed by atoms with Gasteiger partial charge in [-0.1, -0.05) is 53.9 Å². The van der Waals surface area contributed by atoms with Crippen molar-refractivity contribution in [1.29, 1.82) is 0 Å². The molecular formula is C11H10Cl2. The van der Waals surface area contributed by atoms with Gasteiger partial charge in [-0.2, -0.15) is 0 Å². The largest absolute Gasteiger partial charge is 0.0868 e. The molecule has 0 amide bonds. The highest BCUT2D eigenvalue weighted by molar-refractivity contribution is 6.42. The minimum atomic E-state index is 0.0837. The Balaban J connectivity index is 2.26. The molecule has 0 radical (unpaired) electrons. The van der Waals surface area contributed by atoms with Crippen molar-refractivity contribution >= 4 is 23.2 Å². The van der Waals surface area contributed by atoms with E-state index in [9.17, 15) is 0 Å². The summed E-state index contributed by atoms with van der Waals surface area (Å²) in [7, 11) is 0. The van der Waals surface area contributed by atoms with E-state index in [1.807, 2.05) is 0 Å². The van der Waals surface area contributed by atoms with E-state index < -0.39 is 0 Å². The van der Waals surface area contributed by atoms with Crippen molar-refractivity contribution in [1.82, 2.24) is 0 Å². The lowest BCUT2D eigenvalue weighted by molar-refractivity contribution is 0.245. The van der Waals surface area contributed by atoms with Crippen molar-refractivity contribution in [3.05, 3.63) is 34.4 Å². The molecule has 0 spiro atoms. The highest BCUT2D eigenvalue weighted by atomic mass is 35.5. The highest BCUT2D eigenvalue weighted by Gasteiger charge is 2.64. The van der Waals surface area contributed by atoms with Crippen LogP contribution in [0.15, 0.2) is 34.4 Å². The summed E-state index contributed by atoms with van der Waals surface area (Å²) in [5, 5.41) is 1.76. The van der Waals surface area contributed by atoms with Crippen LogP contribution in [0.1, 0.15) is 19.3 Å². The number of rotatable bonds is 0. The van der Waals surface area contributed by atoms with Crippen molar-refractivity contribution < 1.29 is 0 Å². The Morgan fingerprint density at radius 2 is 1.38 bits per heavy atom. The molecule has 0 N–H and O–H groups in total. The summed E-state index contributed by atoms with van der Waals surface area (Å²) in [5.74, 6) is 0. The first kappa shape index (κ1) is 8.14. The fourth-order valence-corrected chi connectivity index (χ4v) is 4.07. The van der Waals surface area contributed by atoms with Crippen LogP contribution in [0.2, 0.25) is 0 Å². The Morgan fingerprint density at radius 1 is 0.923 bits per heavy atom. The zero-order valence-electron chi connectivity index (χ0n) is 7.19. The molecule has 1 saturated carbocycles. The minimum absolute atomic E-state index is 0.0837. The lowest BCUT2D eigenvalue weighted by Gasteiger charge is -2.52. The third-order valence-electron chi connectivity index (χ3n) is 3.79. The number of allylic oxidation sites excluding steroid dienone is 6. The summed E-state index contributed by atoms with van der Waals surface area (Å²) in [6, 6.07) is 0. The molecule has 2 unspecified atom stereocenters. The van der Waals surface area contributed by atoms with Crippen LogP contribution < -0.4 is 0 Å². The molecule has 13 heavy (non-hydrogen) atoms. The normalized spacial score (nSPS) is 46.0. The van der Waals surface area contributed by atoms with Crippen LogP contribution >= 0.6 is 23.2 Å². The van der Waals surface area contributed by atoms with Crippen molar-refractivity contribution in [2.45, 2.75) is 19.3 Å². The van der Waals surface area contributed by atoms with E-state index in [1.165, 1.54) is 6.42 Å². The van der Waals surface area contributed by atoms with E-state index in [0.717, 1.165) is 22.9 Å². The van der Waals surface area contributed by atoms with Gasteiger partial charge >= 0.3 is 0 Å². The van der Waals surface area contributed by atoms with Gasteiger partial charge in [0.15, 0.2) is 0 Å². The molecule has 3 aliphatic rings. The molecule has 3 rings (SSSR count). The quantitative estimate of drug-likeness (QED) is 0.571. The van der Waals surface area contributed by atoms with E-state index in [0.29, 0.717) is 0 Å². The third kappa shape index (κ3) is 0.649. The summed E-state index contributed by atoms with van der Waals surface area (Å²) >= 11 is 12.4. The van der Waals surface area contributed by atoms with Gasteiger partial charge in [0.2, 0.25) is 0 Å². The number of hydrogen-bond donors (Lipinski definition) is 0. The summed E-state index contributed by atoms with van der Waals surface area (Å²) in [5.41, 5.74) is 0.167. The maximum Gasteiger partial charge on any atom is 0.0447 e. The molecule has 68 valence electrons. The van der Waals surface area contributed by atoms with Gasteiger partial charge in [0, 0.05) is 20.9 Å². The fourth-order valence-electron chi connectivity index (χ4n) is 3.08. The predicted octanol–water partition coefficient (Wildman–Crippen LogP) is 3.97. The Bertz CT molecular complexity index is 330. The van der Waals surface area contributed by atoms with Gasteiger partial charge in [0.05, 0.1) is 0 Å². The standard InChI is InChI=1S/C11H10Cl2/c12-8-9(13)11-5-2-1-4-10(8,11)6-3-7-11/h1-2,4-5H,3,6-7H2. The smallest absolute Gasteiger partial charge is 0.0447 e. The van der Waals surface area contributed by atoms with Crippen LogP contribution in [0.3, 0.4) is 0 Å². The lowest BCUT2D eigenvalue weighted by Crippen LogP contribution is -2.45. The molecule has 0 aromatic carbocycles. The van der Waals surface area contributed by atoms with Gasteiger partial charge in [-0.15, -0.1) is 0 Å². The van der Waals surface area contributed by atoms with Crippen molar-refractivity contribution in [2.75, 3.05) is 0 Å². The van der Waals surface area contributed by atoms with Gasteiger partial charge in [-0.05, 0) is 12.8 Å². The molecule has 3 aliphatic carbocycles. The molecule has 0 aromatic rings. The molecular weight excluding hydrogens is 203 g/mol. The summed E-state index contributed by atoms with van der Waals surface area (Å²) in [6.07, 6.45) is 12.2. The second-order valence-electron chi connectivity index (χ2n) is 4.14. The Morgan fingerprint density at radius 3 is 1.85 bits per heavy atom. The predicted molar refractivity (Wildman–Crippen MR) is 55.7 cm³/mol. The van der Waals surface area contributed by atoms with E-state index >= 15 is 0 Å². The topological polar surface area (TPSA) is 0 Å². The van der Waals surface area contributed by atoms with Crippen molar-refractivity contribution in [3.8, 4) is 0 Å². The zero-order valence-corrected chi connectivity index (χ0v) is 8.70. The lowest BCUT2D eigenvalue weighted by atomic mass is 9.55. The Kier molecular flexibility index (Phi) is 1.40.